The summed E-state index contributed by atoms with van der Waals surface area (Å²) in [6.07, 6.45) is 6.25. The molecule has 0 N–H and O–H groups in total. The maximum atomic E-state index is 12.7. The van der Waals surface area contributed by atoms with Gasteiger partial charge in [0, 0.05) is 31.7 Å². The van der Waals surface area contributed by atoms with Crippen LogP contribution in [0, 0.1) is 5.92 Å². The van der Waals surface area contributed by atoms with E-state index in [-0.39, 0.29) is 16.8 Å². The van der Waals surface area contributed by atoms with Gasteiger partial charge in [-0.3, -0.25) is 4.79 Å². The number of sulfonamides is 1. The first-order chi connectivity index (χ1) is 11.9. The zero-order valence-electron chi connectivity index (χ0n) is 15.1. The number of nitrogens with zero attached hydrogens (tertiary/aromatic N) is 2. The van der Waals surface area contributed by atoms with Crippen LogP contribution in [-0.4, -0.2) is 49.7 Å². The lowest BCUT2D eigenvalue weighted by molar-refractivity contribution is 0.0679. The second-order valence-electron chi connectivity index (χ2n) is 7.47. The van der Waals surface area contributed by atoms with Gasteiger partial charge in [-0.25, -0.2) is 8.42 Å². The second-order valence-corrected chi connectivity index (χ2v) is 9.40. The van der Waals surface area contributed by atoms with Gasteiger partial charge >= 0.3 is 0 Å². The van der Waals surface area contributed by atoms with Gasteiger partial charge in [0.25, 0.3) is 5.91 Å². The second kappa shape index (κ2) is 7.46. The van der Waals surface area contributed by atoms with E-state index in [0.29, 0.717) is 18.7 Å². The topological polar surface area (TPSA) is 57.7 Å². The van der Waals surface area contributed by atoms with E-state index in [1.54, 1.807) is 24.3 Å². The highest BCUT2D eigenvalue weighted by Gasteiger charge is 2.28. The van der Waals surface area contributed by atoms with E-state index in [9.17, 15) is 13.2 Å². The van der Waals surface area contributed by atoms with Gasteiger partial charge in [-0.05, 0) is 68.7 Å². The third-order valence-electron chi connectivity index (χ3n) is 5.66. The summed E-state index contributed by atoms with van der Waals surface area (Å²) < 4.78 is 26.6. The standard InChI is InChI=1S/C19H28N2O3S/c1-15-5-9-17(10-6-15)20(2)19(22)16-7-11-18(12-8-16)25(23,24)21-13-3-4-14-21/h7-8,11-12,15,17H,3-6,9-10,13-14H2,1-2H3. The molecule has 1 saturated heterocycles. The van der Waals surface area contributed by atoms with Crippen LogP contribution in [0.4, 0.5) is 0 Å². The largest absolute Gasteiger partial charge is 0.339 e. The number of amides is 1. The van der Waals surface area contributed by atoms with E-state index >= 15 is 0 Å². The Morgan fingerprint density at radius 2 is 1.60 bits per heavy atom. The van der Waals surface area contributed by atoms with E-state index in [2.05, 4.69) is 6.92 Å². The minimum atomic E-state index is -3.42. The van der Waals surface area contributed by atoms with Crippen LogP contribution < -0.4 is 0 Å². The number of benzene rings is 1. The third-order valence-corrected chi connectivity index (χ3v) is 7.57. The van der Waals surface area contributed by atoms with Gasteiger partial charge in [-0.15, -0.1) is 0 Å². The van der Waals surface area contributed by atoms with Crippen LogP contribution in [0.3, 0.4) is 0 Å². The molecule has 1 amide bonds. The highest BCUT2D eigenvalue weighted by molar-refractivity contribution is 7.89. The molecule has 138 valence electrons. The van der Waals surface area contributed by atoms with Crippen molar-refractivity contribution in [1.82, 2.24) is 9.21 Å². The molecule has 1 saturated carbocycles. The fraction of sp³-hybridized carbons (Fsp3) is 0.632. The highest BCUT2D eigenvalue weighted by Crippen LogP contribution is 2.27. The summed E-state index contributed by atoms with van der Waals surface area (Å²) in [4.78, 5) is 14.8. The molecule has 1 aliphatic carbocycles. The molecule has 0 radical (unpaired) electrons. The van der Waals surface area contributed by atoms with E-state index in [1.807, 2.05) is 11.9 Å². The van der Waals surface area contributed by atoms with Crippen molar-refractivity contribution >= 4 is 15.9 Å². The summed E-state index contributed by atoms with van der Waals surface area (Å²) in [5, 5.41) is 0. The summed E-state index contributed by atoms with van der Waals surface area (Å²) in [6.45, 7) is 3.44. The molecule has 0 aromatic heterocycles. The molecular formula is C19H28N2O3S. The van der Waals surface area contributed by atoms with Crippen LogP contribution in [-0.2, 0) is 10.0 Å². The van der Waals surface area contributed by atoms with Crippen molar-refractivity contribution in [2.75, 3.05) is 20.1 Å². The van der Waals surface area contributed by atoms with Crippen LogP contribution in [0.25, 0.3) is 0 Å². The molecule has 6 heteroatoms. The van der Waals surface area contributed by atoms with Gasteiger partial charge in [0.05, 0.1) is 4.90 Å². The van der Waals surface area contributed by atoms with Gasteiger partial charge < -0.3 is 4.90 Å². The van der Waals surface area contributed by atoms with Crippen molar-refractivity contribution in [3.05, 3.63) is 29.8 Å². The SMILES string of the molecule is CC1CCC(N(C)C(=O)c2ccc(S(=O)(=O)N3CCCC3)cc2)CC1. The Bertz CT molecular complexity index is 701. The van der Waals surface area contributed by atoms with E-state index in [1.165, 1.54) is 4.31 Å². The number of hydrogen-bond donors (Lipinski definition) is 0. The van der Waals surface area contributed by atoms with Crippen LogP contribution >= 0.6 is 0 Å². The van der Waals surface area contributed by atoms with E-state index in [0.717, 1.165) is 44.4 Å². The number of carbonyl (C=O) groups excluding carboxylic acids is 1. The molecule has 5 nitrogen and oxygen atoms in total. The zero-order chi connectivity index (χ0) is 18.0. The minimum Gasteiger partial charge on any atom is -0.339 e. The van der Waals surface area contributed by atoms with Crippen molar-refractivity contribution in [2.24, 2.45) is 5.92 Å². The molecule has 1 aromatic carbocycles. The Morgan fingerprint density at radius 3 is 2.16 bits per heavy atom. The Kier molecular flexibility index (Phi) is 5.49. The van der Waals surface area contributed by atoms with Crippen LogP contribution in [0.5, 0.6) is 0 Å². The quantitative estimate of drug-likeness (QED) is 0.825. The van der Waals surface area contributed by atoms with E-state index < -0.39 is 10.0 Å². The first kappa shape index (κ1) is 18.4. The lowest BCUT2D eigenvalue weighted by Gasteiger charge is -2.33. The van der Waals surface area contributed by atoms with Gasteiger partial charge in [-0.1, -0.05) is 6.92 Å². The zero-order valence-corrected chi connectivity index (χ0v) is 16.0. The van der Waals surface area contributed by atoms with Crippen molar-refractivity contribution in [3.63, 3.8) is 0 Å². The number of carbonyl (C=O) groups is 1. The summed E-state index contributed by atoms with van der Waals surface area (Å²) >= 11 is 0. The number of rotatable bonds is 4. The maximum Gasteiger partial charge on any atom is 0.253 e. The molecule has 2 fully saturated rings. The molecule has 1 heterocycles. The molecule has 0 spiro atoms. The van der Waals surface area contributed by atoms with Gasteiger partial charge in [0.1, 0.15) is 0 Å². The highest BCUT2D eigenvalue weighted by atomic mass is 32.2. The normalized spacial score (nSPS) is 25.0. The predicted molar refractivity (Wildman–Crippen MR) is 97.9 cm³/mol. The van der Waals surface area contributed by atoms with Gasteiger partial charge in [0.15, 0.2) is 0 Å². The molecule has 1 aliphatic heterocycles. The maximum absolute atomic E-state index is 12.7. The Labute approximate surface area is 151 Å². The lowest BCUT2D eigenvalue weighted by Crippen LogP contribution is -2.39. The Hall–Kier alpha value is -1.40. The molecule has 0 unspecified atom stereocenters. The fourth-order valence-electron chi connectivity index (χ4n) is 3.85. The average molecular weight is 365 g/mol. The molecule has 1 aromatic rings. The van der Waals surface area contributed by atoms with E-state index in [4.69, 9.17) is 0 Å². The molecule has 3 rings (SSSR count). The van der Waals surface area contributed by atoms with Crippen LogP contribution in [0.2, 0.25) is 0 Å². The van der Waals surface area contributed by atoms with Crippen molar-refractivity contribution in [3.8, 4) is 0 Å². The average Bonchev–Trinajstić information content (AvgIpc) is 3.17. The van der Waals surface area contributed by atoms with Crippen molar-refractivity contribution in [1.29, 1.82) is 0 Å². The fourth-order valence-corrected chi connectivity index (χ4v) is 5.36. The Morgan fingerprint density at radius 1 is 1.04 bits per heavy atom. The molecule has 2 aliphatic rings. The Balaban J connectivity index is 1.70. The predicted octanol–water partition coefficient (Wildman–Crippen LogP) is 3.12. The summed E-state index contributed by atoms with van der Waals surface area (Å²) in [5.74, 6) is 0.722. The van der Waals surface area contributed by atoms with Crippen LogP contribution in [0.1, 0.15) is 55.8 Å². The van der Waals surface area contributed by atoms with Crippen molar-refractivity contribution < 1.29 is 13.2 Å². The number of hydrogen-bond acceptors (Lipinski definition) is 3. The third kappa shape index (κ3) is 3.90. The van der Waals surface area contributed by atoms with Gasteiger partial charge in [0.2, 0.25) is 10.0 Å². The first-order valence-corrected chi connectivity index (χ1v) is 10.7. The first-order valence-electron chi connectivity index (χ1n) is 9.27. The smallest absolute Gasteiger partial charge is 0.253 e. The summed E-state index contributed by atoms with van der Waals surface area (Å²) in [5.41, 5.74) is 0.557. The lowest BCUT2D eigenvalue weighted by atomic mass is 9.86. The molecule has 25 heavy (non-hydrogen) atoms. The van der Waals surface area contributed by atoms with Crippen LogP contribution in [0.15, 0.2) is 29.2 Å². The molecule has 0 bridgehead atoms. The summed E-state index contributed by atoms with van der Waals surface area (Å²) in [7, 11) is -1.56. The summed E-state index contributed by atoms with van der Waals surface area (Å²) in [6, 6.07) is 6.72. The minimum absolute atomic E-state index is 0.0235. The molecular weight excluding hydrogens is 336 g/mol. The van der Waals surface area contributed by atoms with Crippen molar-refractivity contribution in [2.45, 2.75) is 56.4 Å². The molecule has 0 atom stereocenters. The van der Waals surface area contributed by atoms with Gasteiger partial charge in [-0.2, -0.15) is 4.31 Å². The monoisotopic (exact) mass is 364 g/mol.